The number of carbonyl (C=O) groups is 1. The lowest BCUT2D eigenvalue weighted by Gasteiger charge is -2.26. The Morgan fingerprint density at radius 3 is 2.82 bits per heavy atom. The quantitative estimate of drug-likeness (QED) is 0.636. The summed E-state index contributed by atoms with van der Waals surface area (Å²) >= 11 is 0. The van der Waals surface area contributed by atoms with E-state index in [2.05, 4.69) is 5.32 Å². The predicted molar refractivity (Wildman–Crippen MR) is 62.6 cm³/mol. The maximum Gasteiger partial charge on any atom is 0.230 e. The van der Waals surface area contributed by atoms with Crippen LogP contribution in [0, 0.1) is 5.41 Å². The summed E-state index contributed by atoms with van der Waals surface area (Å²) in [4.78, 5) is 12.0. The predicted octanol–water partition coefficient (Wildman–Crippen LogP) is -0.872. The van der Waals surface area contributed by atoms with Crippen molar-refractivity contribution in [2.45, 2.75) is 19.1 Å². The van der Waals surface area contributed by atoms with E-state index in [0.29, 0.717) is 26.4 Å². The molecule has 0 aromatic rings. The molecule has 1 rings (SSSR count). The minimum absolute atomic E-state index is 0.0966. The van der Waals surface area contributed by atoms with E-state index in [9.17, 15) is 4.79 Å². The molecule has 6 nitrogen and oxygen atoms in total. The van der Waals surface area contributed by atoms with E-state index in [4.69, 9.17) is 19.9 Å². The van der Waals surface area contributed by atoms with Crippen molar-refractivity contribution in [1.82, 2.24) is 5.32 Å². The van der Waals surface area contributed by atoms with E-state index in [0.717, 1.165) is 0 Å². The number of nitrogens with two attached hydrogens (primary N) is 1. The number of rotatable bonds is 6. The molecule has 0 radical (unpaired) electrons. The first-order valence-corrected chi connectivity index (χ1v) is 5.68. The maximum atomic E-state index is 12.0. The van der Waals surface area contributed by atoms with E-state index in [1.54, 1.807) is 14.2 Å². The van der Waals surface area contributed by atoms with Crippen LogP contribution in [0.4, 0.5) is 0 Å². The molecule has 6 heteroatoms. The van der Waals surface area contributed by atoms with Crippen molar-refractivity contribution in [1.29, 1.82) is 0 Å². The molecule has 0 spiro atoms. The molecule has 1 fully saturated rings. The summed E-state index contributed by atoms with van der Waals surface area (Å²) in [6.45, 7) is 3.46. The lowest BCUT2D eigenvalue weighted by atomic mass is 9.85. The molecule has 0 aromatic carbocycles. The zero-order valence-electron chi connectivity index (χ0n) is 10.7. The zero-order valence-corrected chi connectivity index (χ0v) is 10.7. The van der Waals surface area contributed by atoms with Crippen molar-refractivity contribution < 1.29 is 19.0 Å². The Morgan fingerprint density at radius 2 is 2.35 bits per heavy atom. The monoisotopic (exact) mass is 246 g/mol. The van der Waals surface area contributed by atoms with Crippen molar-refractivity contribution >= 4 is 5.91 Å². The molecule has 1 saturated heterocycles. The fraction of sp³-hybridized carbons (Fsp3) is 0.909. The number of hydrogen-bond acceptors (Lipinski definition) is 5. The highest BCUT2D eigenvalue weighted by Crippen LogP contribution is 2.26. The van der Waals surface area contributed by atoms with Gasteiger partial charge in [-0.15, -0.1) is 0 Å². The Balaban J connectivity index is 2.43. The SMILES string of the molecule is COCC(CNC(=O)C1(C)COCC1N)OC. The Bertz CT molecular complexity index is 262. The summed E-state index contributed by atoms with van der Waals surface area (Å²) in [5.74, 6) is -0.0966. The number of hydrogen-bond donors (Lipinski definition) is 2. The first-order valence-electron chi connectivity index (χ1n) is 5.68. The van der Waals surface area contributed by atoms with E-state index >= 15 is 0 Å². The van der Waals surface area contributed by atoms with Crippen LogP contribution in [0.3, 0.4) is 0 Å². The van der Waals surface area contributed by atoms with Gasteiger partial charge in [0.05, 0.1) is 31.3 Å². The molecule has 3 N–H and O–H groups in total. The molecule has 0 bridgehead atoms. The van der Waals surface area contributed by atoms with Crippen LogP contribution in [0.5, 0.6) is 0 Å². The highest BCUT2D eigenvalue weighted by molar-refractivity contribution is 5.83. The van der Waals surface area contributed by atoms with Crippen LogP contribution in [-0.2, 0) is 19.0 Å². The second-order valence-electron chi connectivity index (χ2n) is 4.56. The van der Waals surface area contributed by atoms with Crippen LogP contribution in [0.1, 0.15) is 6.92 Å². The molecule has 3 unspecified atom stereocenters. The third-order valence-corrected chi connectivity index (χ3v) is 3.21. The summed E-state index contributed by atoms with van der Waals surface area (Å²) in [6, 6.07) is -0.258. The van der Waals surface area contributed by atoms with Gasteiger partial charge >= 0.3 is 0 Å². The van der Waals surface area contributed by atoms with Gasteiger partial charge in [0.1, 0.15) is 0 Å². The van der Waals surface area contributed by atoms with Gasteiger partial charge in [-0.1, -0.05) is 0 Å². The smallest absolute Gasteiger partial charge is 0.230 e. The Labute approximate surface area is 102 Å². The highest BCUT2D eigenvalue weighted by Gasteiger charge is 2.44. The molecule has 1 aliphatic heterocycles. The molecule has 0 aliphatic carbocycles. The van der Waals surface area contributed by atoms with Gasteiger partial charge in [0, 0.05) is 26.8 Å². The van der Waals surface area contributed by atoms with Crippen molar-refractivity contribution in [3.8, 4) is 0 Å². The molecular weight excluding hydrogens is 224 g/mol. The number of methoxy groups -OCH3 is 2. The highest BCUT2D eigenvalue weighted by atomic mass is 16.5. The van der Waals surface area contributed by atoms with Crippen LogP contribution in [0.15, 0.2) is 0 Å². The number of carbonyl (C=O) groups excluding carboxylic acids is 1. The van der Waals surface area contributed by atoms with Crippen molar-refractivity contribution in [3.63, 3.8) is 0 Å². The molecule has 0 saturated carbocycles. The van der Waals surface area contributed by atoms with Crippen molar-refractivity contribution in [2.24, 2.45) is 11.1 Å². The van der Waals surface area contributed by atoms with Gasteiger partial charge < -0.3 is 25.3 Å². The average Bonchev–Trinajstić information content (AvgIpc) is 2.66. The summed E-state index contributed by atoms with van der Waals surface area (Å²) in [6.07, 6.45) is -0.147. The summed E-state index contributed by atoms with van der Waals surface area (Å²) in [5.41, 5.74) is 5.22. The second kappa shape index (κ2) is 6.30. The lowest BCUT2D eigenvalue weighted by molar-refractivity contribution is -0.131. The van der Waals surface area contributed by atoms with Crippen LogP contribution >= 0.6 is 0 Å². The fourth-order valence-corrected chi connectivity index (χ4v) is 1.73. The molecule has 0 aromatic heterocycles. The maximum absolute atomic E-state index is 12.0. The molecule has 1 aliphatic rings. The number of nitrogens with one attached hydrogen (secondary N) is 1. The second-order valence-corrected chi connectivity index (χ2v) is 4.56. The third-order valence-electron chi connectivity index (χ3n) is 3.21. The topological polar surface area (TPSA) is 82.8 Å². The first-order chi connectivity index (χ1) is 8.04. The standard InChI is InChI=1S/C11H22N2O4/c1-11(7-17-6-9(11)12)10(14)13-4-8(16-3)5-15-2/h8-9H,4-7,12H2,1-3H3,(H,13,14). The number of ether oxygens (including phenoxy) is 3. The van der Waals surface area contributed by atoms with Gasteiger partial charge in [0.15, 0.2) is 0 Å². The van der Waals surface area contributed by atoms with Crippen LogP contribution in [0.25, 0.3) is 0 Å². The van der Waals surface area contributed by atoms with Crippen molar-refractivity contribution in [2.75, 3.05) is 40.6 Å². The molecule has 1 amide bonds. The largest absolute Gasteiger partial charge is 0.382 e. The van der Waals surface area contributed by atoms with Gasteiger partial charge in [-0.3, -0.25) is 4.79 Å². The van der Waals surface area contributed by atoms with Gasteiger partial charge in [-0.05, 0) is 6.92 Å². The van der Waals surface area contributed by atoms with Gasteiger partial charge in [0.2, 0.25) is 5.91 Å². The number of amides is 1. The van der Waals surface area contributed by atoms with E-state index < -0.39 is 5.41 Å². The molecule has 17 heavy (non-hydrogen) atoms. The minimum Gasteiger partial charge on any atom is -0.382 e. The van der Waals surface area contributed by atoms with E-state index in [-0.39, 0.29) is 18.1 Å². The first kappa shape index (κ1) is 14.4. The minimum atomic E-state index is -0.647. The summed E-state index contributed by atoms with van der Waals surface area (Å²) in [7, 11) is 3.18. The third kappa shape index (κ3) is 3.38. The molecular formula is C11H22N2O4. The molecule has 100 valence electrons. The van der Waals surface area contributed by atoms with Crippen LogP contribution in [-0.4, -0.2) is 58.6 Å². The Kier molecular flexibility index (Phi) is 5.32. The fourth-order valence-electron chi connectivity index (χ4n) is 1.73. The van der Waals surface area contributed by atoms with Crippen molar-refractivity contribution in [3.05, 3.63) is 0 Å². The molecule has 1 heterocycles. The van der Waals surface area contributed by atoms with E-state index in [1.165, 1.54) is 0 Å². The normalized spacial score (nSPS) is 30.2. The van der Waals surface area contributed by atoms with Crippen LogP contribution < -0.4 is 11.1 Å². The zero-order chi connectivity index (χ0) is 12.9. The van der Waals surface area contributed by atoms with Crippen LogP contribution in [0.2, 0.25) is 0 Å². The van der Waals surface area contributed by atoms with Gasteiger partial charge in [-0.2, -0.15) is 0 Å². The van der Waals surface area contributed by atoms with Gasteiger partial charge in [-0.25, -0.2) is 0 Å². The summed E-state index contributed by atoms with van der Waals surface area (Å²) in [5, 5.41) is 2.83. The lowest BCUT2D eigenvalue weighted by Crippen LogP contribution is -2.51. The average molecular weight is 246 g/mol. The summed E-state index contributed by atoms with van der Waals surface area (Å²) < 4.78 is 15.4. The molecule has 3 atom stereocenters. The Morgan fingerprint density at radius 1 is 1.65 bits per heavy atom. The Hall–Kier alpha value is -0.690. The van der Waals surface area contributed by atoms with Gasteiger partial charge in [0.25, 0.3) is 0 Å². The van der Waals surface area contributed by atoms with E-state index in [1.807, 2.05) is 6.92 Å².